The molecule has 0 spiro atoms. The number of rotatable bonds is 4. The molecule has 11 rings (SSSR count). The number of hydrogen-bond donors (Lipinski definition) is 0. The van der Waals surface area contributed by atoms with Crippen LogP contribution in [-0.2, 0) is 0 Å². The molecule has 0 aliphatic carbocycles. The van der Waals surface area contributed by atoms with Crippen molar-refractivity contribution in [2.75, 3.05) is 0 Å². The first-order valence-corrected chi connectivity index (χ1v) is 14.8. The van der Waals surface area contributed by atoms with Crippen LogP contribution in [0.5, 0.6) is 0 Å². The summed E-state index contributed by atoms with van der Waals surface area (Å²) in [6, 6.07) is -24.1. The number of fused-ring (bicyclic) bond motifs is 10. The molecule has 0 saturated heterocycles. The van der Waals surface area contributed by atoms with Crippen molar-refractivity contribution in [3.05, 3.63) is 163 Å². The van der Waals surface area contributed by atoms with Crippen LogP contribution in [0.3, 0.4) is 0 Å². The third kappa shape index (κ3) is 4.07. The van der Waals surface area contributed by atoms with E-state index in [2.05, 4.69) is 15.0 Å². The van der Waals surface area contributed by atoms with Crippen molar-refractivity contribution >= 4 is 65.6 Å². The zero-order valence-corrected chi connectivity index (χ0v) is 25.1. The Hall–Kier alpha value is -7.05. The van der Waals surface area contributed by atoms with Gasteiger partial charge in [-0.1, -0.05) is 127 Å². The van der Waals surface area contributed by atoms with Crippen molar-refractivity contribution in [3.8, 4) is 34.4 Å². The zero-order chi connectivity index (χ0) is 57.0. The minimum Gasteiger partial charge on any atom is -0.456 e. The van der Waals surface area contributed by atoms with Crippen LogP contribution in [0.15, 0.2) is 168 Å². The standard InChI is InChI=1S/C45H27N5O/c1-3-14-28(15-4-1)43-46-44(35-21-13-25-39-40(35)34-20-9-12-24-38(34)51-39)48-45(47-43)50-37-23-11-8-19-31(37)33-27-26-32-30-18-7-10-22-36(30)49(41(32)42(33)50)29-16-5-2-6-17-29/h1-27H/i1D,2D,3D,4D,5D,6D,7D,8D,9D,10D,11D,12D,13D,14D,15D,16D,17D,18D,19D,20D,21D,22D,23D,24D,25D,26D,27D. The average molecular weight is 681 g/mol. The second-order valence-corrected chi connectivity index (χ2v) is 10.8. The highest BCUT2D eigenvalue weighted by molar-refractivity contribution is 6.23. The zero-order valence-electron chi connectivity index (χ0n) is 52.1. The highest BCUT2D eigenvalue weighted by Crippen LogP contribution is 2.42. The van der Waals surface area contributed by atoms with Gasteiger partial charge in [0.15, 0.2) is 11.6 Å². The molecular weight excluding hydrogens is 627 g/mol. The molecule has 0 N–H and O–H groups in total. The third-order valence-corrected chi connectivity index (χ3v) is 8.17. The van der Waals surface area contributed by atoms with Crippen LogP contribution in [-0.4, -0.2) is 24.1 Å². The molecule has 0 radical (unpaired) electrons. The second kappa shape index (κ2) is 10.7. The summed E-state index contributed by atoms with van der Waals surface area (Å²) in [6.07, 6.45) is 0. The number of aromatic nitrogens is 5. The summed E-state index contributed by atoms with van der Waals surface area (Å²) in [5.74, 6) is -2.65. The Morgan fingerprint density at radius 1 is 0.431 bits per heavy atom. The van der Waals surface area contributed by atoms with Crippen molar-refractivity contribution in [2.24, 2.45) is 0 Å². The lowest BCUT2D eigenvalue weighted by Crippen LogP contribution is -2.07. The van der Waals surface area contributed by atoms with E-state index >= 15 is 0 Å². The van der Waals surface area contributed by atoms with Crippen molar-refractivity contribution < 1.29 is 41.4 Å². The van der Waals surface area contributed by atoms with E-state index in [1.165, 1.54) is 0 Å². The molecule has 238 valence electrons. The number of furan rings is 1. The van der Waals surface area contributed by atoms with Crippen LogP contribution in [0, 0.1) is 0 Å². The van der Waals surface area contributed by atoms with Crippen molar-refractivity contribution in [1.29, 1.82) is 0 Å². The van der Waals surface area contributed by atoms with E-state index in [1.54, 1.807) is 0 Å². The summed E-state index contributed by atoms with van der Waals surface area (Å²) in [4.78, 5) is 13.7. The topological polar surface area (TPSA) is 61.7 Å². The average Bonchev–Trinajstić information content (AvgIpc) is 4.28. The van der Waals surface area contributed by atoms with Gasteiger partial charge < -0.3 is 8.98 Å². The highest BCUT2D eigenvalue weighted by Gasteiger charge is 2.24. The summed E-state index contributed by atoms with van der Waals surface area (Å²) in [6.45, 7) is 0. The van der Waals surface area contributed by atoms with Gasteiger partial charge in [-0.15, -0.1) is 0 Å². The molecule has 6 nitrogen and oxygen atoms in total. The van der Waals surface area contributed by atoms with Gasteiger partial charge in [0.25, 0.3) is 0 Å². The Morgan fingerprint density at radius 3 is 1.75 bits per heavy atom. The maximum Gasteiger partial charge on any atom is 0.238 e. The van der Waals surface area contributed by atoms with E-state index in [1.807, 2.05) is 0 Å². The smallest absolute Gasteiger partial charge is 0.238 e. The molecule has 0 fully saturated rings. The lowest BCUT2D eigenvalue weighted by Gasteiger charge is -2.13. The molecule has 0 aliphatic rings. The summed E-state index contributed by atoms with van der Waals surface area (Å²) < 4.78 is 249. The van der Waals surface area contributed by atoms with Crippen LogP contribution in [0.4, 0.5) is 0 Å². The van der Waals surface area contributed by atoms with Crippen LogP contribution in [0.25, 0.3) is 100.0 Å². The highest BCUT2D eigenvalue weighted by atomic mass is 16.3. The monoisotopic (exact) mass is 680 g/mol. The Kier molecular flexibility index (Phi) is 2.60. The van der Waals surface area contributed by atoms with E-state index in [9.17, 15) is 12.3 Å². The molecule has 0 saturated carbocycles. The first kappa shape index (κ1) is 12.4. The normalized spacial score (nSPS) is 19.3. The van der Waals surface area contributed by atoms with Gasteiger partial charge in [0, 0.05) is 49.1 Å². The lowest BCUT2D eigenvalue weighted by molar-refractivity contribution is 0.669. The molecule has 4 aromatic heterocycles. The van der Waals surface area contributed by atoms with E-state index in [0.717, 1.165) is 9.13 Å². The Morgan fingerprint density at radius 2 is 1.00 bits per heavy atom. The Bertz CT molecular complexity index is 4660. The molecule has 0 atom stereocenters. The maximum absolute atomic E-state index is 9.67. The molecule has 51 heavy (non-hydrogen) atoms. The number of para-hydroxylation sites is 4. The van der Waals surface area contributed by atoms with Gasteiger partial charge in [0.05, 0.1) is 59.1 Å². The van der Waals surface area contributed by atoms with Crippen LogP contribution >= 0.6 is 0 Å². The predicted octanol–water partition coefficient (Wildman–Crippen LogP) is 11.3. The minimum absolute atomic E-state index is 0.461. The van der Waals surface area contributed by atoms with Crippen LogP contribution < -0.4 is 0 Å². The van der Waals surface area contributed by atoms with Crippen molar-refractivity contribution in [2.45, 2.75) is 0 Å². The van der Waals surface area contributed by atoms with Crippen molar-refractivity contribution in [3.63, 3.8) is 0 Å². The predicted molar refractivity (Wildman–Crippen MR) is 207 cm³/mol. The fraction of sp³-hybridized carbons (Fsp3) is 0. The number of nitrogens with zero attached hydrogens (tertiary/aromatic N) is 5. The second-order valence-electron chi connectivity index (χ2n) is 10.8. The molecule has 7 aromatic carbocycles. The summed E-state index contributed by atoms with van der Waals surface area (Å²) in [7, 11) is 0. The van der Waals surface area contributed by atoms with E-state index in [4.69, 9.17) is 29.1 Å². The maximum atomic E-state index is 9.67. The molecule has 0 unspecified atom stereocenters. The summed E-state index contributed by atoms with van der Waals surface area (Å²) in [5, 5.41) is -3.22. The van der Waals surface area contributed by atoms with Gasteiger partial charge in [0.1, 0.15) is 11.2 Å². The Balaban J connectivity index is 1.49. The lowest BCUT2D eigenvalue weighted by atomic mass is 10.1. The first-order valence-electron chi connectivity index (χ1n) is 28.3. The van der Waals surface area contributed by atoms with E-state index in [0.29, 0.717) is 0 Å². The summed E-state index contributed by atoms with van der Waals surface area (Å²) >= 11 is 0. The molecule has 6 heteroatoms. The van der Waals surface area contributed by atoms with Gasteiger partial charge in [0.2, 0.25) is 5.95 Å². The van der Waals surface area contributed by atoms with Gasteiger partial charge in [-0.05, 0) is 36.3 Å². The van der Waals surface area contributed by atoms with Gasteiger partial charge in [-0.25, -0.2) is 4.98 Å². The van der Waals surface area contributed by atoms with Crippen LogP contribution in [0.1, 0.15) is 37.0 Å². The molecule has 0 amide bonds. The summed E-state index contributed by atoms with van der Waals surface area (Å²) in [5.41, 5.74) is -5.93. The van der Waals surface area contributed by atoms with Gasteiger partial charge in [-0.2, -0.15) is 9.97 Å². The largest absolute Gasteiger partial charge is 0.456 e. The molecule has 11 aromatic rings. The third-order valence-electron chi connectivity index (χ3n) is 8.17. The van der Waals surface area contributed by atoms with Crippen LogP contribution in [0.2, 0.25) is 0 Å². The molecule has 4 heterocycles. The minimum atomic E-state index is -0.971. The Labute approximate surface area is 329 Å². The van der Waals surface area contributed by atoms with E-state index < -0.39 is 263 Å². The first-order chi connectivity index (χ1) is 36.5. The van der Waals surface area contributed by atoms with E-state index in [-0.39, 0.29) is 0 Å². The fourth-order valence-corrected chi connectivity index (χ4v) is 6.17. The quantitative estimate of drug-likeness (QED) is 0.186. The fourth-order valence-electron chi connectivity index (χ4n) is 6.17. The van der Waals surface area contributed by atoms with Crippen molar-refractivity contribution in [1.82, 2.24) is 24.1 Å². The molecule has 0 aliphatic heterocycles. The van der Waals surface area contributed by atoms with Gasteiger partial charge >= 0.3 is 0 Å². The SMILES string of the molecule is [2H]c1c([2H])c([2H])c(-c2nc(-c3c([2H])c([2H])c([2H])c4oc5c([2H])c([2H])c([2H])c([2H])c5c34)nc(-n3c4c([2H])c([2H])c([2H])c([2H])c4c4c([2H])c([2H])c5c6c([2H])c([2H])c([2H])c([2H])c6n(-c6c([2H])c([2H])c([2H])c([2H])c6[2H])c5c43)n2)c([2H])c1[2H]. The van der Waals surface area contributed by atoms with Gasteiger partial charge in [-0.3, -0.25) is 4.57 Å². The number of benzene rings is 7. The number of hydrogen-bond acceptors (Lipinski definition) is 4. The molecular formula is C45H27N5O. The molecule has 0 bridgehead atoms.